The predicted molar refractivity (Wildman–Crippen MR) is 80.6 cm³/mol. The number of benzene rings is 1. The van der Waals surface area contributed by atoms with Crippen molar-refractivity contribution < 1.29 is 9.32 Å². The highest BCUT2D eigenvalue weighted by Crippen LogP contribution is 2.21. The molecular formula is C16H21N3O2. The Morgan fingerprint density at radius 1 is 1.19 bits per heavy atom. The third-order valence-corrected chi connectivity index (χ3v) is 3.41. The molecule has 0 saturated heterocycles. The topological polar surface area (TPSA) is 49.6 Å². The number of aromatic nitrogens is 1. The van der Waals surface area contributed by atoms with Gasteiger partial charge in [-0.05, 0) is 26.6 Å². The molecule has 21 heavy (non-hydrogen) atoms. The summed E-state index contributed by atoms with van der Waals surface area (Å²) in [6, 6.07) is 9.51. The zero-order valence-electron chi connectivity index (χ0n) is 12.9. The lowest BCUT2D eigenvalue weighted by molar-refractivity contribution is -0.135. The molecule has 0 aliphatic rings. The molecule has 1 atom stereocenters. The molecule has 0 aliphatic heterocycles. The summed E-state index contributed by atoms with van der Waals surface area (Å²) >= 11 is 0. The minimum atomic E-state index is -0.303. The van der Waals surface area contributed by atoms with Gasteiger partial charge in [0.2, 0.25) is 5.91 Å². The van der Waals surface area contributed by atoms with Crippen LogP contribution in [0.3, 0.4) is 0 Å². The Labute approximate surface area is 125 Å². The number of hydrogen-bond donors (Lipinski definition) is 0. The lowest BCUT2D eigenvalue weighted by Crippen LogP contribution is -2.38. The molecule has 0 N–H and O–H groups in total. The van der Waals surface area contributed by atoms with Crippen LogP contribution in [0.4, 0.5) is 0 Å². The number of rotatable bonds is 5. The third-order valence-electron chi connectivity index (χ3n) is 3.41. The van der Waals surface area contributed by atoms with Gasteiger partial charge in [-0.1, -0.05) is 35.0 Å². The van der Waals surface area contributed by atoms with Gasteiger partial charge in [-0.15, -0.1) is 0 Å². The van der Waals surface area contributed by atoms with E-state index in [0.29, 0.717) is 6.54 Å². The van der Waals surface area contributed by atoms with Gasteiger partial charge in [0.05, 0.1) is 6.54 Å². The molecule has 1 aromatic heterocycles. The Morgan fingerprint density at radius 3 is 2.38 bits per heavy atom. The Balaban J connectivity index is 2.17. The molecular weight excluding hydrogens is 266 g/mol. The SMILES string of the molecule is Cc1ccc([C@H](C(=O)N(C)Cc2ccon2)N(C)C)cc1. The average molecular weight is 287 g/mol. The van der Waals surface area contributed by atoms with Gasteiger partial charge >= 0.3 is 0 Å². The van der Waals surface area contributed by atoms with Gasteiger partial charge < -0.3 is 9.42 Å². The van der Waals surface area contributed by atoms with Crippen molar-refractivity contribution in [2.24, 2.45) is 0 Å². The van der Waals surface area contributed by atoms with Gasteiger partial charge in [-0.25, -0.2) is 0 Å². The van der Waals surface area contributed by atoms with Gasteiger partial charge in [-0.3, -0.25) is 9.69 Å². The van der Waals surface area contributed by atoms with Crippen LogP contribution in [0.5, 0.6) is 0 Å². The van der Waals surface area contributed by atoms with E-state index < -0.39 is 0 Å². The number of amides is 1. The number of likely N-dealkylation sites (N-methyl/N-ethyl adjacent to an activating group) is 2. The summed E-state index contributed by atoms with van der Waals surface area (Å²) in [6.07, 6.45) is 1.51. The smallest absolute Gasteiger partial charge is 0.244 e. The first-order chi connectivity index (χ1) is 9.99. The van der Waals surface area contributed by atoms with E-state index >= 15 is 0 Å². The fourth-order valence-corrected chi connectivity index (χ4v) is 2.26. The van der Waals surface area contributed by atoms with E-state index in [0.717, 1.165) is 11.3 Å². The molecule has 0 saturated carbocycles. The highest BCUT2D eigenvalue weighted by molar-refractivity contribution is 5.83. The van der Waals surface area contributed by atoms with Crippen molar-refractivity contribution in [2.75, 3.05) is 21.1 Å². The maximum Gasteiger partial charge on any atom is 0.244 e. The molecule has 0 bridgehead atoms. The standard InChI is InChI=1S/C16H21N3O2/c1-12-5-7-13(8-6-12)15(18(2)3)16(20)19(4)11-14-9-10-21-17-14/h5-10,15H,11H2,1-4H3/t15-/m1/s1. The minimum absolute atomic E-state index is 0.0341. The van der Waals surface area contributed by atoms with Crippen molar-refractivity contribution in [3.8, 4) is 0 Å². The van der Waals surface area contributed by atoms with Gasteiger partial charge in [0.15, 0.2) is 0 Å². The lowest BCUT2D eigenvalue weighted by atomic mass is 10.0. The molecule has 1 amide bonds. The van der Waals surface area contributed by atoms with E-state index in [9.17, 15) is 4.79 Å². The zero-order valence-corrected chi connectivity index (χ0v) is 12.9. The molecule has 0 radical (unpaired) electrons. The summed E-state index contributed by atoms with van der Waals surface area (Å²) < 4.78 is 4.80. The highest BCUT2D eigenvalue weighted by Gasteiger charge is 2.26. The highest BCUT2D eigenvalue weighted by atomic mass is 16.5. The van der Waals surface area contributed by atoms with Crippen LogP contribution >= 0.6 is 0 Å². The van der Waals surface area contributed by atoms with Crippen molar-refractivity contribution in [3.05, 3.63) is 53.4 Å². The Morgan fingerprint density at radius 2 is 1.86 bits per heavy atom. The van der Waals surface area contributed by atoms with Crippen LogP contribution in [0.25, 0.3) is 0 Å². The predicted octanol–water partition coefficient (Wildman–Crippen LogP) is 2.24. The summed E-state index contributed by atoms with van der Waals surface area (Å²) in [5, 5.41) is 3.84. The molecule has 5 heteroatoms. The summed E-state index contributed by atoms with van der Waals surface area (Å²) in [7, 11) is 5.60. The molecule has 0 fully saturated rings. The Kier molecular flexibility index (Phi) is 4.75. The first-order valence-corrected chi connectivity index (χ1v) is 6.86. The molecule has 1 aromatic carbocycles. The molecule has 0 unspecified atom stereocenters. The number of carbonyl (C=O) groups excluding carboxylic acids is 1. The molecule has 1 heterocycles. The van der Waals surface area contributed by atoms with E-state index in [1.807, 2.05) is 50.2 Å². The van der Waals surface area contributed by atoms with Crippen molar-refractivity contribution in [2.45, 2.75) is 19.5 Å². The van der Waals surface area contributed by atoms with Crippen molar-refractivity contribution >= 4 is 5.91 Å². The average Bonchev–Trinajstić information content (AvgIpc) is 2.93. The Hall–Kier alpha value is -2.14. The summed E-state index contributed by atoms with van der Waals surface area (Å²) in [4.78, 5) is 16.3. The van der Waals surface area contributed by atoms with Crippen molar-refractivity contribution in [3.63, 3.8) is 0 Å². The van der Waals surface area contributed by atoms with Crippen LogP contribution in [0, 0.1) is 6.92 Å². The molecule has 5 nitrogen and oxygen atoms in total. The number of aryl methyl sites for hydroxylation is 1. The van der Waals surface area contributed by atoms with Crippen LogP contribution in [-0.4, -0.2) is 42.0 Å². The van der Waals surface area contributed by atoms with Crippen LogP contribution in [-0.2, 0) is 11.3 Å². The quantitative estimate of drug-likeness (QED) is 0.846. The largest absolute Gasteiger partial charge is 0.364 e. The molecule has 112 valence electrons. The second kappa shape index (κ2) is 6.54. The lowest BCUT2D eigenvalue weighted by Gasteiger charge is -2.28. The Bertz CT molecular complexity index is 576. The fraction of sp³-hybridized carbons (Fsp3) is 0.375. The monoisotopic (exact) mass is 287 g/mol. The van der Waals surface area contributed by atoms with Crippen molar-refractivity contribution in [1.29, 1.82) is 0 Å². The number of nitrogens with zero attached hydrogens (tertiary/aromatic N) is 3. The molecule has 0 spiro atoms. The second-order valence-corrected chi connectivity index (χ2v) is 5.46. The van der Waals surface area contributed by atoms with E-state index in [1.165, 1.54) is 11.8 Å². The summed E-state index contributed by atoms with van der Waals surface area (Å²) in [6.45, 7) is 2.47. The zero-order chi connectivity index (χ0) is 15.4. The first-order valence-electron chi connectivity index (χ1n) is 6.86. The number of carbonyl (C=O) groups is 1. The van der Waals surface area contributed by atoms with Gasteiger partial charge in [0.25, 0.3) is 0 Å². The maximum atomic E-state index is 12.7. The van der Waals surface area contributed by atoms with Crippen LogP contribution in [0.15, 0.2) is 41.1 Å². The molecule has 2 aromatic rings. The van der Waals surface area contributed by atoms with E-state index in [-0.39, 0.29) is 11.9 Å². The summed E-state index contributed by atoms with van der Waals surface area (Å²) in [5.41, 5.74) is 2.91. The normalized spacial score (nSPS) is 12.4. The van der Waals surface area contributed by atoms with Crippen LogP contribution < -0.4 is 0 Å². The first kappa shape index (κ1) is 15.3. The summed E-state index contributed by atoms with van der Waals surface area (Å²) in [5.74, 6) is 0.0341. The van der Waals surface area contributed by atoms with E-state index in [1.54, 1.807) is 18.0 Å². The van der Waals surface area contributed by atoms with E-state index in [4.69, 9.17) is 4.52 Å². The van der Waals surface area contributed by atoms with Gasteiger partial charge in [0, 0.05) is 13.1 Å². The van der Waals surface area contributed by atoms with Gasteiger partial charge in [0.1, 0.15) is 18.0 Å². The fourth-order valence-electron chi connectivity index (χ4n) is 2.26. The molecule has 0 aliphatic carbocycles. The number of hydrogen-bond acceptors (Lipinski definition) is 4. The van der Waals surface area contributed by atoms with Crippen LogP contribution in [0.1, 0.15) is 22.9 Å². The minimum Gasteiger partial charge on any atom is -0.364 e. The maximum absolute atomic E-state index is 12.7. The van der Waals surface area contributed by atoms with Gasteiger partial charge in [-0.2, -0.15) is 0 Å². The van der Waals surface area contributed by atoms with E-state index in [2.05, 4.69) is 5.16 Å². The second-order valence-electron chi connectivity index (χ2n) is 5.46. The molecule has 2 rings (SSSR count). The third kappa shape index (κ3) is 3.70. The van der Waals surface area contributed by atoms with Crippen LogP contribution in [0.2, 0.25) is 0 Å². The van der Waals surface area contributed by atoms with Crippen molar-refractivity contribution in [1.82, 2.24) is 15.0 Å².